The molecule has 0 amide bonds. The number of rotatable bonds is 3. The summed E-state index contributed by atoms with van der Waals surface area (Å²) >= 11 is 0. The van der Waals surface area contributed by atoms with Crippen LogP contribution in [0.5, 0.6) is 5.75 Å². The molecule has 0 saturated carbocycles. The predicted octanol–water partition coefficient (Wildman–Crippen LogP) is 3.85. The van der Waals surface area contributed by atoms with Gasteiger partial charge < -0.3 is 4.74 Å². The topological polar surface area (TPSA) is 12.5 Å². The number of nitrogens with zero attached hydrogens (tertiary/aromatic N) is 1. The van der Waals surface area contributed by atoms with Crippen molar-refractivity contribution in [2.75, 3.05) is 19.7 Å². The van der Waals surface area contributed by atoms with E-state index in [2.05, 4.69) is 36.1 Å². The molecule has 0 spiro atoms. The van der Waals surface area contributed by atoms with Crippen molar-refractivity contribution in [1.82, 2.24) is 4.90 Å². The minimum atomic E-state index is 0. The summed E-state index contributed by atoms with van der Waals surface area (Å²) in [5, 5.41) is 0. The van der Waals surface area contributed by atoms with E-state index >= 15 is 0 Å². The lowest BCUT2D eigenvalue weighted by molar-refractivity contribution is 0.0648. The number of piperidine rings is 1. The van der Waals surface area contributed by atoms with Crippen LogP contribution in [0.25, 0.3) is 0 Å². The molecule has 1 fully saturated rings. The molecule has 1 aromatic carbocycles. The van der Waals surface area contributed by atoms with Crippen LogP contribution in [0.15, 0.2) is 24.3 Å². The van der Waals surface area contributed by atoms with Gasteiger partial charge in [-0.05, 0) is 44.0 Å². The first-order chi connectivity index (χ1) is 8.90. The molecule has 2 aliphatic rings. The first-order valence-corrected chi connectivity index (χ1v) is 7.36. The summed E-state index contributed by atoms with van der Waals surface area (Å²) in [7, 11) is 0. The number of hydrogen-bond donors (Lipinski definition) is 0. The van der Waals surface area contributed by atoms with Crippen molar-refractivity contribution in [3.63, 3.8) is 0 Å². The molecular weight excluding hydrogens is 258 g/mol. The summed E-state index contributed by atoms with van der Waals surface area (Å²) in [5.74, 6) is 1.82. The quantitative estimate of drug-likeness (QED) is 0.834. The highest BCUT2D eigenvalue weighted by Crippen LogP contribution is 2.40. The van der Waals surface area contributed by atoms with E-state index in [-0.39, 0.29) is 12.4 Å². The van der Waals surface area contributed by atoms with E-state index in [0.717, 1.165) is 12.4 Å². The maximum Gasteiger partial charge on any atom is 0.122 e. The van der Waals surface area contributed by atoms with Crippen molar-refractivity contribution in [3.05, 3.63) is 29.8 Å². The first kappa shape index (κ1) is 14.7. The molecule has 0 aliphatic carbocycles. The van der Waals surface area contributed by atoms with E-state index in [4.69, 9.17) is 4.74 Å². The summed E-state index contributed by atoms with van der Waals surface area (Å²) < 4.78 is 5.96. The van der Waals surface area contributed by atoms with Crippen LogP contribution in [0.1, 0.15) is 44.1 Å². The lowest BCUT2D eigenvalue weighted by atomic mass is 9.81. The van der Waals surface area contributed by atoms with E-state index in [1.54, 1.807) is 0 Å². The van der Waals surface area contributed by atoms with E-state index in [1.807, 2.05) is 0 Å². The number of unbranched alkanes of at least 4 members (excludes halogenated alkanes) is 1. The van der Waals surface area contributed by atoms with Gasteiger partial charge in [-0.25, -0.2) is 0 Å². The normalized spacial score (nSPS) is 25.7. The van der Waals surface area contributed by atoms with Crippen LogP contribution in [-0.2, 0) is 0 Å². The summed E-state index contributed by atoms with van der Waals surface area (Å²) in [6.07, 6.45) is 5.25. The first-order valence-electron chi connectivity index (χ1n) is 7.36. The molecule has 2 atom stereocenters. The van der Waals surface area contributed by atoms with Gasteiger partial charge in [0.15, 0.2) is 0 Å². The molecule has 0 bridgehead atoms. The number of para-hydroxylation sites is 1. The van der Waals surface area contributed by atoms with E-state index in [1.165, 1.54) is 44.3 Å². The molecule has 1 saturated heterocycles. The molecule has 0 aromatic heterocycles. The largest absolute Gasteiger partial charge is 0.492 e. The third-order valence-electron chi connectivity index (χ3n) is 4.42. The minimum Gasteiger partial charge on any atom is -0.492 e. The Balaban J connectivity index is 0.00000133. The molecule has 2 heterocycles. The second kappa shape index (κ2) is 6.62. The Labute approximate surface area is 122 Å². The van der Waals surface area contributed by atoms with Gasteiger partial charge in [-0.2, -0.15) is 0 Å². The van der Waals surface area contributed by atoms with Gasteiger partial charge in [0.2, 0.25) is 0 Å². The van der Waals surface area contributed by atoms with Crippen molar-refractivity contribution in [1.29, 1.82) is 0 Å². The van der Waals surface area contributed by atoms with Gasteiger partial charge in [-0.1, -0.05) is 31.5 Å². The van der Waals surface area contributed by atoms with Crippen molar-refractivity contribution < 1.29 is 4.74 Å². The zero-order chi connectivity index (χ0) is 12.4. The van der Waals surface area contributed by atoms with Gasteiger partial charge in [-0.15, -0.1) is 12.4 Å². The van der Waals surface area contributed by atoms with Gasteiger partial charge in [-0.3, -0.25) is 4.90 Å². The van der Waals surface area contributed by atoms with Crippen LogP contribution >= 0.6 is 12.4 Å². The molecular formula is C16H24ClNO. The van der Waals surface area contributed by atoms with Crippen molar-refractivity contribution in [2.45, 2.75) is 44.6 Å². The standard InChI is InChI=1S/C16H23NO.ClH/c1-2-3-10-17-11-6-8-13-14-7-4-5-9-16(14)18-12-15(13)17;/h4-5,7,9,13,15H,2-3,6,8,10-12H2,1H3;1H/t13-,15+;/m1./s1. The Morgan fingerprint density at radius 2 is 2.16 bits per heavy atom. The second-order valence-corrected chi connectivity index (χ2v) is 5.55. The minimum absolute atomic E-state index is 0. The average molecular weight is 282 g/mol. The highest BCUT2D eigenvalue weighted by atomic mass is 35.5. The Kier molecular flexibility index (Phi) is 5.12. The number of hydrogen-bond acceptors (Lipinski definition) is 2. The molecule has 0 N–H and O–H groups in total. The van der Waals surface area contributed by atoms with Crippen LogP contribution in [0, 0.1) is 0 Å². The number of benzene rings is 1. The summed E-state index contributed by atoms with van der Waals surface area (Å²) in [6.45, 7) is 5.65. The maximum atomic E-state index is 5.96. The zero-order valence-corrected chi connectivity index (χ0v) is 12.5. The monoisotopic (exact) mass is 281 g/mol. The third-order valence-corrected chi connectivity index (χ3v) is 4.42. The molecule has 2 aliphatic heterocycles. The van der Waals surface area contributed by atoms with Crippen LogP contribution in [-0.4, -0.2) is 30.6 Å². The second-order valence-electron chi connectivity index (χ2n) is 5.55. The fourth-order valence-electron chi connectivity index (χ4n) is 3.44. The summed E-state index contributed by atoms with van der Waals surface area (Å²) in [4.78, 5) is 2.66. The highest BCUT2D eigenvalue weighted by molar-refractivity contribution is 5.85. The van der Waals surface area contributed by atoms with Crippen LogP contribution < -0.4 is 4.74 Å². The third kappa shape index (κ3) is 2.90. The Hall–Kier alpha value is -0.730. The van der Waals surface area contributed by atoms with Crippen LogP contribution in [0.4, 0.5) is 0 Å². The van der Waals surface area contributed by atoms with E-state index < -0.39 is 0 Å². The SMILES string of the molecule is CCCCN1CCC[C@@H]2c3ccccc3OC[C@@H]21.Cl. The average Bonchev–Trinajstić information content (AvgIpc) is 2.44. The molecule has 0 radical (unpaired) electrons. The molecule has 106 valence electrons. The van der Waals surface area contributed by atoms with Gasteiger partial charge in [0, 0.05) is 5.92 Å². The fraction of sp³-hybridized carbons (Fsp3) is 0.625. The highest BCUT2D eigenvalue weighted by Gasteiger charge is 2.36. The molecule has 1 aromatic rings. The zero-order valence-electron chi connectivity index (χ0n) is 11.7. The molecule has 19 heavy (non-hydrogen) atoms. The smallest absolute Gasteiger partial charge is 0.122 e. The Morgan fingerprint density at radius 3 is 3.00 bits per heavy atom. The predicted molar refractivity (Wildman–Crippen MR) is 81.4 cm³/mol. The van der Waals surface area contributed by atoms with Gasteiger partial charge in [0.25, 0.3) is 0 Å². The van der Waals surface area contributed by atoms with Crippen molar-refractivity contribution >= 4 is 12.4 Å². The number of halogens is 1. The number of fused-ring (bicyclic) bond motifs is 3. The van der Waals surface area contributed by atoms with Gasteiger partial charge in [0.1, 0.15) is 12.4 Å². The maximum absolute atomic E-state index is 5.96. The summed E-state index contributed by atoms with van der Waals surface area (Å²) in [5.41, 5.74) is 1.44. The van der Waals surface area contributed by atoms with Gasteiger partial charge in [0.05, 0.1) is 6.04 Å². The van der Waals surface area contributed by atoms with Crippen molar-refractivity contribution in [3.8, 4) is 5.75 Å². The lowest BCUT2D eigenvalue weighted by Crippen LogP contribution is -2.49. The molecule has 3 heteroatoms. The lowest BCUT2D eigenvalue weighted by Gasteiger charge is -2.44. The van der Waals surface area contributed by atoms with Gasteiger partial charge >= 0.3 is 0 Å². The molecule has 2 nitrogen and oxygen atoms in total. The fourth-order valence-corrected chi connectivity index (χ4v) is 3.44. The van der Waals surface area contributed by atoms with E-state index in [0.29, 0.717) is 12.0 Å². The number of likely N-dealkylation sites (tertiary alicyclic amines) is 1. The Morgan fingerprint density at radius 1 is 1.32 bits per heavy atom. The van der Waals surface area contributed by atoms with Crippen molar-refractivity contribution in [2.24, 2.45) is 0 Å². The summed E-state index contributed by atoms with van der Waals surface area (Å²) in [6, 6.07) is 9.22. The molecule has 0 unspecified atom stereocenters. The Bertz CT molecular complexity index is 409. The molecule has 3 rings (SSSR count). The van der Waals surface area contributed by atoms with Crippen LogP contribution in [0.2, 0.25) is 0 Å². The van der Waals surface area contributed by atoms with Crippen LogP contribution in [0.3, 0.4) is 0 Å². The van der Waals surface area contributed by atoms with E-state index in [9.17, 15) is 0 Å². The number of ether oxygens (including phenoxy) is 1.